The Labute approximate surface area is 207 Å². The SMILES string of the molecule is CCCCCNC(=O)C(c1cccc(C)c1O)N(CC#N)C(=O)C(CS)NC(=O)OC(C)(C)C. The molecule has 1 aromatic rings. The number of amides is 3. The van der Waals surface area contributed by atoms with Gasteiger partial charge in [-0.15, -0.1) is 0 Å². The molecule has 0 aliphatic carbocycles. The maximum Gasteiger partial charge on any atom is 0.408 e. The Morgan fingerprint density at radius 3 is 2.50 bits per heavy atom. The highest BCUT2D eigenvalue weighted by atomic mass is 32.1. The zero-order valence-corrected chi connectivity index (χ0v) is 21.4. The molecular weight excluding hydrogens is 456 g/mol. The summed E-state index contributed by atoms with van der Waals surface area (Å²) in [6.07, 6.45) is 1.82. The van der Waals surface area contributed by atoms with E-state index in [0.717, 1.165) is 24.2 Å². The van der Waals surface area contributed by atoms with Crippen LogP contribution in [0.25, 0.3) is 0 Å². The Balaban J connectivity index is 3.35. The fraction of sp³-hybridized carbons (Fsp3) is 0.583. The van der Waals surface area contributed by atoms with E-state index in [1.165, 1.54) is 6.07 Å². The summed E-state index contributed by atoms with van der Waals surface area (Å²) in [5.41, 5.74) is -0.0791. The van der Waals surface area contributed by atoms with Crippen molar-refractivity contribution in [3.63, 3.8) is 0 Å². The third-order valence-corrected chi connectivity index (χ3v) is 5.26. The van der Waals surface area contributed by atoms with Crippen molar-refractivity contribution in [3.05, 3.63) is 29.3 Å². The molecule has 1 aromatic carbocycles. The molecular formula is C24H36N4O5S. The Hall–Kier alpha value is -2.93. The minimum absolute atomic E-state index is 0.0926. The van der Waals surface area contributed by atoms with Crippen LogP contribution in [-0.4, -0.2) is 58.4 Å². The number of nitrogens with zero attached hydrogens (tertiary/aromatic N) is 2. The van der Waals surface area contributed by atoms with Crippen molar-refractivity contribution in [2.45, 2.75) is 71.6 Å². The zero-order valence-electron chi connectivity index (χ0n) is 20.6. The first kappa shape index (κ1) is 29.1. The van der Waals surface area contributed by atoms with Gasteiger partial charge in [-0.2, -0.15) is 17.9 Å². The number of carbonyl (C=O) groups excluding carboxylic acids is 3. The molecule has 3 amide bonds. The van der Waals surface area contributed by atoms with Crippen LogP contribution in [0.1, 0.15) is 64.1 Å². The molecule has 1 rings (SSSR count). The van der Waals surface area contributed by atoms with Crippen molar-refractivity contribution in [2.24, 2.45) is 0 Å². The molecule has 0 aliphatic heterocycles. The molecule has 0 heterocycles. The lowest BCUT2D eigenvalue weighted by molar-refractivity contribution is -0.141. The maximum absolute atomic E-state index is 13.5. The lowest BCUT2D eigenvalue weighted by Crippen LogP contribution is -2.54. The number of ether oxygens (including phenoxy) is 1. The fourth-order valence-electron chi connectivity index (χ4n) is 3.24. The van der Waals surface area contributed by atoms with Crippen LogP contribution in [0.5, 0.6) is 5.75 Å². The van der Waals surface area contributed by atoms with Crippen LogP contribution in [0.15, 0.2) is 18.2 Å². The smallest absolute Gasteiger partial charge is 0.408 e. The summed E-state index contributed by atoms with van der Waals surface area (Å²) in [6.45, 7) is 8.71. The first-order valence-corrected chi connectivity index (χ1v) is 11.9. The number of carbonyl (C=O) groups is 3. The second kappa shape index (κ2) is 13.7. The molecule has 0 aliphatic rings. The van der Waals surface area contributed by atoms with Gasteiger partial charge >= 0.3 is 6.09 Å². The number of rotatable bonds is 11. The predicted molar refractivity (Wildman–Crippen MR) is 132 cm³/mol. The molecule has 2 atom stereocenters. The number of alkyl carbamates (subject to hydrolysis) is 1. The molecule has 0 radical (unpaired) electrons. The molecule has 10 heteroatoms. The largest absolute Gasteiger partial charge is 0.507 e. The van der Waals surface area contributed by atoms with Crippen LogP contribution in [-0.2, 0) is 14.3 Å². The Kier molecular flexibility index (Phi) is 11.7. The Morgan fingerprint density at radius 2 is 1.94 bits per heavy atom. The first-order valence-electron chi connectivity index (χ1n) is 11.3. The lowest BCUT2D eigenvalue weighted by Gasteiger charge is -2.33. The van der Waals surface area contributed by atoms with Crippen molar-refractivity contribution in [1.29, 1.82) is 5.26 Å². The number of nitrogens with one attached hydrogen (secondary N) is 2. The van der Waals surface area contributed by atoms with Crippen molar-refractivity contribution < 1.29 is 24.2 Å². The van der Waals surface area contributed by atoms with E-state index in [4.69, 9.17) is 4.74 Å². The van der Waals surface area contributed by atoms with E-state index >= 15 is 0 Å². The molecule has 34 heavy (non-hydrogen) atoms. The number of hydrogen-bond acceptors (Lipinski definition) is 7. The average molecular weight is 493 g/mol. The second-order valence-corrected chi connectivity index (χ2v) is 9.28. The third kappa shape index (κ3) is 8.78. The van der Waals surface area contributed by atoms with E-state index in [0.29, 0.717) is 12.1 Å². The number of phenols is 1. The van der Waals surface area contributed by atoms with Crippen molar-refractivity contribution in [3.8, 4) is 11.8 Å². The normalized spacial score (nSPS) is 12.7. The summed E-state index contributed by atoms with van der Waals surface area (Å²) in [4.78, 5) is 40.0. The highest BCUT2D eigenvalue weighted by Crippen LogP contribution is 2.32. The number of benzene rings is 1. The van der Waals surface area contributed by atoms with Crippen LogP contribution in [0.2, 0.25) is 0 Å². The molecule has 0 fully saturated rings. The van der Waals surface area contributed by atoms with Crippen molar-refractivity contribution in [1.82, 2.24) is 15.5 Å². The van der Waals surface area contributed by atoms with Gasteiger partial charge in [0.25, 0.3) is 0 Å². The third-order valence-electron chi connectivity index (χ3n) is 4.90. The van der Waals surface area contributed by atoms with Crippen LogP contribution in [0.3, 0.4) is 0 Å². The molecule has 3 N–H and O–H groups in total. The van der Waals surface area contributed by atoms with Crippen molar-refractivity contribution in [2.75, 3.05) is 18.8 Å². The van der Waals surface area contributed by atoms with Gasteiger partial charge in [-0.3, -0.25) is 9.59 Å². The molecule has 9 nitrogen and oxygen atoms in total. The van der Waals surface area contributed by atoms with Crippen LogP contribution >= 0.6 is 12.6 Å². The summed E-state index contributed by atoms with van der Waals surface area (Å²) in [6, 6.07) is 4.34. The minimum Gasteiger partial charge on any atom is -0.507 e. The van der Waals surface area contributed by atoms with E-state index in [1.807, 2.05) is 13.0 Å². The van der Waals surface area contributed by atoms with Gasteiger partial charge in [-0.25, -0.2) is 4.79 Å². The molecule has 0 saturated carbocycles. The van der Waals surface area contributed by atoms with Gasteiger partial charge in [0, 0.05) is 17.9 Å². The number of thiol groups is 1. The molecule has 0 aromatic heterocycles. The lowest BCUT2D eigenvalue weighted by atomic mass is 9.99. The average Bonchev–Trinajstić information content (AvgIpc) is 2.75. The number of aryl methyl sites for hydroxylation is 1. The van der Waals surface area contributed by atoms with E-state index < -0.39 is 42.1 Å². The standard InChI is InChI=1S/C24H36N4O5S/c1-6-7-8-13-26-21(30)19(17-11-9-10-16(2)20(17)29)28(14-12-25)22(31)18(15-34)27-23(32)33-24(3,4)5/h9-11,18-19,29,34H,6-8,13-15H2,1-5H3,(H,26,30)(H,27,32). The highest BCUT2D eigenvalue weighted by Gasteiger charge is 2.37. The summed E-state index contributed by atoms with van der Waals surface area (Å²) >= 11 is 4.18. The van der Waals surface area contributed by atoms with E-state index in [-0.39, 0.29) is 17.1 Å². The quantitative estimate of drug-likeness (QED) is 0.213. The molecule has 188 valence electrons. The van der Waals surface area contributed by atoms with Crippen molar-refractivity contribution >= 4 is 30.5 Å². The van der Waals surface area contributed by atoms with E-state index in [2.05, 4.69) is 23.3 Å². The topological polar surface area (TPSA) is 132 Å². The Morgan fingerprint density at radius 1 is 1.26 bits per heavy atom. The van der Waals surface area contributed by atoms with E-state index in [1.54, 1.807) is 39.8 Å². The van der Waals surface area contributed by atoms with Crippen LogP contribution < -0.4 is 10.6 Å². The van der Waals surface area contributed by atoms with Gasteiger partial charge in [0.15, 0.2) is 0 Å². The van der Waals surface area contributed by atoms with Crippen LogP contribution in [0.4, 0.5) is 4.79 Å². The summed E-state index contributed by atoms with van der Waals surface area (Å²) in [5, 5.41) is 25.4. The monoisotopic (exact) mass is 492 g/mol. The summed E-state index contributed by atoms with van der Waals surface area (Å²) in [7, 11) is 0. The number of unbranched alkanes of at least 4 members (excludes halogenated alkanes) is 2. The Bertz CT molecular complexity index is 894. The van der Waals surface area contributed by atoms with Gasteiger partial charge in [0.05, 0.1) is 6.07 Å². The maximum atomic E-state index is 13.5. The van der Waals surface area contributed by atoms with Gasteiger partial charge in [-0.1, -0.05) is 38.0 Å². The zero-order chi connectivity index (χ0) is 25.9. The second-order valence-electron chi connectivity index (χ2n) is 8.92. The van der Waals surface area contributed by atoms with E-state index in [9.17, 15) is 24.8 Å². The van der Waals surface area contributed by atoms with Crippen LogP contribution in [0, 0.1) is 18.3 Å². The van der Waals surface area contributed by atoms with Gasteiger partial charge in [0.1, 0.15) is 30.0 Å². The fourth-order valence-corrected chi connectivity index (χ4v) is 3.49. The number of aromatic hydroxyl groups is 1. The highest BCUT2D eigenvalue weighted by molar-refractivity contribution is 7.80. The number of para-hydroxylation sites is 1. The van der Waals surface area contributed by atoms with Gasteiger partial charge in [-0.05, 0) is 39.7 Å². The molecule has 0 spiro atoms. The first-order chi connectivity index (χ1) is 16.0. The summed E-state index contributed by atoms with van der Waals surface area (Å²) < 4.78 is 5.22. The number of nitriles is 1. The number of hydrogen-bond donors (Lipinski definition) is 4. The molecule has 2 unspecified atom stereocenters. The minimum atomic E-state index is -1.28. The summed E-state index contributed by atoms with van der Waals surface area (Å²) in [5.74, 6) is -1.47. The number of phenolic OH excluding ortho intramolecular Hbond substituents is 1. The molecule has 0 saturated heterocycles. The predicted octanol–water partition coefficient (Wildman–Crippen LogP) is 3.22. The van der Waals surface area contributed by atoms with Gasteiger partial charge < -0.3 is 25.4 Å². The van der Waals surface area contributed by atoms with Gasteiger partial charge in [0.2, 0.25) is 11.8 Å². The molecule has 0 bridgehead atoms.